The Balaban J connectivity index is 1.96. The SMILES string of the molecule is COc1ncnc(OC)c1CNCC1(C)CCCCC1. The quantitative estimate of drug-likeness (QED) is 0.867. The molecule has 0 amide bonds. The van der Waals surface area contributed by atoms with E-state index in [0.29, 0.717) is 23.7 Å². The van der Waals surface area contributed by atoms with Crippen LogP contribution in [0.15, 0.2) is 6.33 Å². The smallest absolute Gasteiger partial charge is 0.224 e. The topological polar surface area (TPSA) is 56.3 Å². The van der Waals surface area contributed by atoms with Crippen molar-refractivity contribution >= 4 is 0 Å². The lowest BCUT2D eigenvalue weighted by Crippen LogP contribution is -2.33. The van der Waals surface area contributed by atoms with E-state index < -0.39 is 0 Å². The molecule has 1 heterocycles. The van der Waals surface area contributed by atoms with Crippen LogP contribution >= 0.6 is 0 Å². The van der Waals surface area contributed by atoms with Gasteiger partial charge < -0.3 is 14.8 Å². The summed E-state index contributed by atoms with van der Waals surface area (Å²) in [6, 6.07) is 0. The molecule has 1 saturated carbocycles. The van der Waals surface area contributed by atoms with Gasteiger partial charge in [-0.15, -0.1) is 0 Å². The van der Waals surface area contributed by atoms with Gasteiger partial charge in [0.05, 0.1) is 19.8 Å². The van der Waals surface area contributed by atoms with Crippen molar-refractivity contribution in [2.24, 2.45) is 5.41 Å². The molecule has 1 aromatic heterocycles. The molecule has 0 spiro atoms. The van der Waals surface area contributed by atoms with Crippen LogP contribution in [-0.2, 0) is 6.54 Å². The third-order valence-corrected chi connectivity index (χ3v) is 4.17. The average Bonchev–Trinajstić information content (AvgIpc) is 2.48. The van der Waals surface area contributed by atoms with Crippen molar-refractivity contribution < 1.29 is 9.47 Å². The van der Waals surface area contributed by atoms with E-state index in [0.717, 1.165) is 12.1 Å². The lowest BCUT2D eigenvalue weighted by atomic mass is 9.76. The van der Waals surface area contributed by atoms with E-state index in [4.69, 9.17) is 9.47 Å². The van der Waals surface area contributed by atoms with Gasteiger partial charge in [-0.25, -0.2) is 9.97 Å². The fourth-order valence-corrected chi connectivity index (χ4v) is 2.96. The summed E-state index contributed by atoms with van der Waals surface area (Å²) >= 11 is 0. The molecule has 112 valence electrons. The minimum absolute atomic E-state index is 0.411. The van der Waals surface area contributed by atoms with E-state index in [-0.39, 0.29) is 0 Å². The van der Waals surface area contributed by atoms with Gasteiger partial charge in [0.25, 0.3) is 0 Å². The zero-order chi connectivity index (χ0) is 14.4. The maximum Gasteiger partial charge on any atom is 0.224 e. The maximum atomic E-state index is 5.28. The zero-order valence-corrected chi connectivity index (χ0v) is 12.7. The Morgan fingerprint density at radius 2 is 1.70 bits per heavy atom. The van der Waals surface area contributed by atoms with Gasteiger partial charge >= 0.3 is 0 Å². The van der Waals surface area contributed by atoms with Gasteiger partial charge in [-0.05, 0) is 18.3 Å². The minimum Gasteiger partial charge on any atom is -0.481 e. The van der Waals surface area contributed by atoms with Crippen LogP contribution in [0.5, 0.6) is 11.8 Å². The summed E-state index contributed by atoms with van der Waals surface area (Å²) < 4.78 is 10.6. The van der Waals surface area contributed by atoms with Crippen molar-refractivity contribution in [3.63, 3.8) is 0 Å². The van der Waals surface area contributed by atoms with Crippen molar-refractivity contribution in [2.75, 3.05) is 20.8 Å². The van der Waals surface area contributed by atoms with Crippen molar-refractivity contribution in [1.29, 1.82) is 0 Å². The molecule has 1 aromatic rings. The minimum atomic E-state index is 0.411. The molecule has 0 atom stereocenters. The normalized spacial score (nSPS) is 17.8. The Hall–Kier alpha value is -1.36. The number of hydrogen-bond donors (Lipinski definition) is 1. The number of hydrogen-bond acceptors (Lipinski definition) is 5. The third kappa shape index (κ3) is 3.60. The highest BCUT2D eigenvalue weighted by atomic mass is 16.5. The molecule has 5 nitrogen and oxygen atoms in total. The van der Waals surface area contributed by atoms with Gasteiger partial charge in [0.2, 0.25) is 11.8 Å². The van der Waals surface area contributed by atoms with E-state index in [1.807, 2.05) is 0 Å². The second kappa shape index (κ2) is 6.88. The highest BCUT2D eigenvalue weighted by Crippen LogP contribution is 2.35. The molecular formula is C15H25N3O2. The van der Waals surface area contributed by atoms with Gasteiger partial charge in [0.1, 0.15) is 6.33 Å². The molecule has 0 saturated heterocycles. The lowest BCUT2D eigenvalue weighted by Gasteiger charge is -2.33. The number of aromatic nitrogens is 2. The predicted octanol–water partition coefficient (Wildman–Crippen LogP) is 2.55. The summed E-state index contributed by atoms with van der Waals surface area (Å²) in [5, 5.41) is 3.52. The van der Waals surface area contributed by atoms with Crippen LogP contribution in [0.1, 0.15) is 44.6 Å². The first-order valence-electron chi connectivity index (χ1n) is 7.31. The first-order chi connectivity index (χ1) is 9.68. The van der Waals surface area contributed by atoms with Gasteiger partial charge in [-0.3, -0.25) is 0 Å². The molecule has 0 bridgehead atoms. The van der Waals surface area contributed by atoms with Crippen LogP contribution in [0.25, 0.3) is 0 Å². The molecule has 1 fully saturated rings. The summed E-state index contributed by atoms with van der Waals surface area (Å²) in [4.78, 5) is 8.27. The molecule has 5 heteroatoms. The second-order valence-electron chi connectivity index (χ2n) is 5.85. The molecule has 0 unspecified atom stereocenters. The van der Waals surface area contributed by atoms with Crippen LogP contribution in [0, 0.1) is 5.41 Å². The van der Waals surface area contributed by atoms with Crippen LogP contribution < -0.4 is 14.8 Å². The van der Waals surface area contributed by atoms with Gasteiger partial charge in [0, 0.05) is 13.1 Å². The first-order valence-corrected chi connectivity index (χ1v) is 7.31. The second-order valence-corrected chi connectivity index (χ2v) is 5.85. The Labute approximate surface area is 121 Å². The Morgan fingerprint density at radius 1 is 1.10 bits per heavy atom. The van der Waals surface area contributed by atoms with Gasteiger partial charge in [-0.2, -0.15) is 0 Å². The fraction of sp³-hybridized carbons (Fsp3) is 0.733. The van der Waals surface area contributed by atoms with Crippen LogP contribution in [0.2, 0.25) is 0 Å². The van der Waals surface area contributed by atoms with E-state index in [1.165, 1.54) is 38.4 Å². The zero-order valence-electron chi connectivity index (χ0n) is 12.7. The van der Waals surface area contributed by atoms with E-state index in [2.05, 4.69) is 22.2 Å². The first kappa shape index (κ1) is 15.0. The maximum absolute atomic E-state index is 5.28. The largest absolute Gasteiger partial charge is 0.481 e. The Morgan fingerprint density at radius 3 is 2.25 bits per heavy atom. The Bertz CT molecular complexity index is 409. The van der Waals surface area contributed by atoms with Crippen LogP contribution in [-0.4, -0.2) is 30.7 Å². The number of ether oxygens (including phenoxy) is 2. The molecule has 1 aliphatic carbocycles. The summed E-state index contributed by atoms with van der Waals surface area (Å²) in [5.74, 6) is 1.16. The monoisotopic (exact) mass is 279 g/mol. The number of nitrogens with zero attached hydrogens (tertiary/aromatic N) is 2. The fourth-order valence-electron chi connectivity index (χ4n) is 2.96. The molecule has 1 N–H and O–H groups in total. The molecule has 0 aromatic carbocycles. The third-order valence-electron chi connectivity index (χ3n) is 4.17. The average molecular weight is 279 g/mol. The molecular weight excluding hydrogens is 254 g/mol. The molecule has 0 radical (unpaired) electrons. The number of methoxy groups -OCH3 is 2. The lowest BCUT2D eigenvalue weighted by molar-refractivity contribution is 0.207. The van der Waals surface area contributed by atoms with Crippen molar-refractivity contribution in [2.45, 2.75) is 45.6 Å². The summed E-state index contributed by atoms with van der Waals surface area (Å²) in [5.41, 5.74) is 1.30. The molecule has 20 heavy (non-hydrogen) atoms. The number of nitrogens with one attached hydrogen (secondary N) is 1. The van der Waals surface area contributed by atoms with Crippen molar-refractivity contribution in [1.82, 2.24) is 15.3 Å². The van der Waals surface area contributed by atoms with Gasteiger partial charge in [0.15, 0.2) is 0 Å². The van der Waals surface area contributed by atoms with Crippen molar-refractivity contribution in [3.8, 4) is 11.8 Å². The van der Waals surface area contributed by atoms with E-state index >= 15 is 0 Å². The Kier molecular flexibility index (Phi) is 5.17. The molecule has 0 aliphatic heterocycles. The predicted molar refractivity (Wildman–Crippen MR) is 78.0 cm³/mol. The number of rotatable bonds is 6. The van der Waals surface area contributed by atoms with Crippen molar-refractivity contribution in [3.05, 3.63) is 11.9 Å². The van der Waals surface area contributed by atoms with Crippen LogP contribution in [0.4, 0.5) is 0 Å². The van der Waals surface area contributed by atoms with E-state index in [1.54, 1.807) is 14.2 Å². The highest BCUT2D eigenvalue weighted by molar-refractivity contribution is 5.34. The van der Waals surface area contributed by atoms with Crippen LogP contribution in [0.3, 0.4) is 0 Å². The summed E-state index contributed by atoms with van der Waals surface area (Å²) in [6.07, 6.45) is 8.14. The standard InChI is InChI=1S/C15H25N3O2/c1-15(7-5-4-6-8-15)10-16-9-12-13(19-2)17-11-18-14(12)20-3/h11,16H,4-10H2,1-3H3. The van der Waals surface area contributed by atoms with E-state index in [9.17, 15) is 0 Å². The summed E-state index contributed by atoms with van der Waals surface area (Å²) in [6.45, 7) is 4.05. The van der Waals surface area contributed by atoms with Gasteiger partial charge in [-0.1, -0.05) is 26.2 Å². The highest BCUT2D eigenvalue weighted by Gasteiger charge is 2.26. The molecule has 2 rings (SSSR count). The summed E-state index contributed by atoms with van der Waals surface area (Å²) in [7, 11) is 3.24. The molecule has 1 aliphatic rings.